The summed E-state index contributed by atoms with van der Waals surface area (Å²) in [6.07, 6.45) is 5.54. The molecule has 1 aliphatic heterocycles. The average Bonchev–Trinajstić information content (AvgIpc) is 2.98. The zero-order chi connectivity index (χ0) is 17.9. The maximum atomic E-state index is 4.73. The van der Waals surface area contributed by atoms with Crippen molar-refractivity contribution in [3.8, 4) is 5.82 Å². The Kier molecular flexibility index (Phi) is 4.67. The monoisotopic (exact) mass is 348 g/mol. The molecule has 6 nitrogen and oxygen atoms in total. The molecule has 3 aromatic rings. The summed E-state index contributed by atoms with van der Waals surface area (Å²) in [4.78, 5) is 13.5. The Morgan fingerprint density at radius 2 is 1.69 bits per heavy atom. The summed E-state index contributed by atoms with van der Waals surface area (Å²) in [5.41, 5.74) is 4.79. The highest BCUT2D eigenvalue weighted by Crippen LogP contribution is 2.27. The van der Waals surface area contributed by atoms with Crippen molar-refractivity contribution < 1.29 is 0 Å². The summed E-state index contributed by atoms with van der Waals surface area (Å²) in [6, 6.07) is 10.1. The Hall–Kier alpha value is -2.73. The van der Waals surface area contributed by atoms with Crippen molar-refractivity contribution >= 4 is 5.69 Å². The number of hydrogen-bond acceptors (Lipinski definition) is 5. The van der Waals surface area contributed by atoms with E-state index in [0.717, 1.165) is 49.9 Å². The second kappa shape index (κ2) is 7.25. The maximum absolute atomic E-state index is 4.73. The molecule has 0 amide bonds. The summed E-state index contributed by atoms with van der Waals surface area (Å²) in [5.74, 6) is 0.871. The van der Waals surface area contributed by atoms with Crippen LogP contribution in [-0.4, -0.2) is 50.8 Å². The number of aromatic nitrogens is 4. The first-order chi connectivity index (χ1) is 12.7. The normalized spacial score (nSPS) is 15.4. The first-order valence-corrected chi connectivity index (χ1v) is 9.06. The molecule has 1 saturated heterocycles. The molecule has 0 aliphatic carbocycles. The van der Waals surface area contributed by atoms with Gasteiger partial charge in [-0.15, -0.1) is 0 Å². The van der Waals surface area contributed by atoms with Crippen LogP contribution >= 0.6 is 0 Å². The van der Waals surface area contributed by atoms with Crippen LogP contribution in [0.5, 0.6) is 0 Å². The van der Waals surface area contributed by atoms with Crippen molar-refractivity contribution in [2.24, 2.45) is 0 Å². The van der Waals surface area contributed by atoms with Gasteiger partial charge in [-0.25, -0.2) is 9.67 Å². The molecule has 0 radical (unpaired) electrons. The number of nitrogens with zero attached hydrogens (tertiary/aromatic N) is 6. The molecule has 4 heterocycles. The third-order valence-electron chi connectivity index (χ3n) is 4.96. The van der Waals surface area contributed by atoms with Gasteiger partial charge in [0.2, 0.25) is 0 Å². The van der Waals surface area contributed by atoms with Gasteiger partial charge in [0, 0.05) is 51.3 Å². The molecule has 1 fully saturated rings. The van der Waals surface area contributed by atoms with Gasteiger partial charge in [0.25, 0.3) is 0 Å². The Bertz CT molecular complexity index is 851. The molecular formula is C20H24N6. The molecule has 0 N–H and O–H groups in total. The minimum Gasteiger partial charge on any atom is -0.366 e. The zero-order valence-corrected chi connectivity index (χ0v) is 15.3. The predicted molar refractivity (Wildman–Crippen MR) is 103 cm³/mol. The number of rotatable bonds is 4. The number of hydrogen-bond donors (Lipinski definition) is 0. The van der Waals surface area contributed by atoms with Gasteiger partial charge in [-0.05, 0) is 43.7 Å². The fourth-order valence-electron chi connectivity index (χ4n) is 3.67. The lowest BCUT2D eigenvalue weighted by molar-refractivity contribution is 0.249. The minimum atomic E-state index is 0.871. The molecule has 134 valence electrons. The van der Waals surface area contributed by atoms with Gasteiger partial charge >= 0.3 is 0 Å². The van der Waals surface area contributed by atoms with Crippen LogP contribution in [0.2, 0.25) is 0 Å². The number of piperazine rings is 1. The highest BCUT2D eigenvalue weighted by Gasteiger charge is 2.23. The van der Waals surface area contributed by atoms with Crippen LogP contribution in [-0.2, 0) is 6.54 Å². The van der Waals surface area contributed by atoms with Gasteiger partial charge in [0.05, 0.1) is 17.1 Å². The van der Waals surface area contributed by atoms with E-state index in [1.165, 1.54) is 11.3 Å². The number of aryl methyl sites for hydroxylation is 1. The second-order valence-electron chi connectivity index (χ2n) is 6.74. The number of pyridine rings is 2. The van der Waals surface area contributed by atoms with Crippen molar-refractivity contribution in [2.45, 2.75) is 20.4 Å². The van der Waals surface area contributed by atoms with Gasteiger partial charge in [0.15, 0.2) is 5.82 Å². The third-order valence-corrected chi connectivity index (χ3v) is 4.96. The summed E-state index contributed by atoms with van der Waals surface area (Å²) in [6.45, 7) is 9.34. The van der Waals surface area contributed by atoms with Crippen molar-refractivity contribution in [3.63, 3.8) is 0 Å². The lowest BCUT2D eigenvalue weighted by Gasteiger charge is -2.36. The molecule has 3 aromatic heterocycles. The summed E-state index contributed by atoms with van der Waals surface area (Å²) < 4.78 is 1.95. The maximum Gasteiger partial charge on any atom is 0.153 e. The first kappa shape index (κ1) is 16.7. The van der Waals surface area contributed by atoms with Crippen molar-refractivity contribution in [3.05, 3.63) is 65.9 Å². The summed E-state index contributed by atoms with van der Waals surface area (Å²) >= 11 is 0. The highest BCUT2D eigenvalue weighted by molar-refractivity contribution is 5.56. The van der Waals surface area contributed by atoms with E-state index in [4.69, 9.17) is 5.10 Å². The van der Waals surface area contributed by atoms with E-state index < -0.39 is 0 Å². The van der Waals surface area contributed by atoms with E-state index >= 15 is 0 Å². The summed E-state index contributed by atoms with van der Waals surface area (Å²) in [5, 5.41) is 4.73. The van der Waals surface area contributed by atoms with Crippen LogP contribution in [0, 0.1) is 13.8 Å². The van der Waals surface area contributed by atoms with Crippen LogP contribution in [0.4, 0.5) is 5.69 Å². The standard InChI is InChI=1S/C20H24N6/c1-16-20(17(2)26(23-16)19-5-3-4-8-22-19)25-13-11-24(12-14-25)15-18-6-9-21-10-7-18/h3-10H,11-15H2,1-2H3. The topological polar surface area (TPSA) is 50.1 Å². The SMILES string of the molecule is Cc1nn(-c2ccccn2)c(C)c1N1CCN(Cc2ccncc2)CC1. The molecule has 0 bridgehead atoms. The number of anilines is 1. The molecule has 4 rings (SSSR count). The largest absolute Gasteiger partial charge is 0.366 e. The Labute approximate surface area is 154 Å². The molecule has 26 heavy (non-hydrogen) atoms. The minimum absolute atomic E-state index is 0.871. The first-order valence-electron chi connectivity index (χ1n) is 9.06. The van der Waals surface area contributed by atoms with Crippen LogP contribution in [0.1, 0.15) is 17.0 Å². The predicted octanol–water partition coefficient (Wildman–Crippen LogP) is 2.60. The van der Waals surface area contributed by atoms with Gasteiger partial charge in [-0.2, -0.15) is 5.10 Å². The summed E-state index contributed by atoms with van der Waals surface area (Å²) in [7, 11) is 0. The molecule has 0 atom stereocenters. The quantitative estimate of drug-likeness (QED) is 0.725. The van der Waals surface area contributed by atoms with Gasteiger partial charge in [-0.1, -0.05) is 6.07 Å². The Morgan fingerprint density at radius 1 is 0.923 bits per heavy atom. The molecular weight excluding hydrogens is 324 g/mol. The van der Waals surface area contributed by atoms with E-state index in [1.54, 1.807) is 0 Å². The van der Waals surface area contributed by atoms with Crippen LogP contribution in [0.15, 0.2) is 48.9 Å². The molecule has 1 aliphatic rings. The van der Waals surface area contributed by atoms with Gasteiger partial charge in [-0.3, -0.25) is 9.88 Å². The van der Waals surface area contributed by atoms with E-state index in [2.05, 4.69) is 45.7 Å². The van der Waals surface area contributed by atoms with Crippen LogP contribution in [0.3, 0.4) is 0 Å². The molecule has 0 aromatic carbocycles. The Morgan fingerprint density at radius 3 is 2.38 bits per heavy atom. The molecule has 6 heteroatoms. The second-order valence-corrected chi connectivity index (χ2v) is 6.74. The average molecular weight is 348 g/mol. The molecule has 0 spiro atoms. The van der Waals surface area contributed by atoms with Crippen molar-refractivity contribution in [2.75, 3.05) is 31.1 Å². The van der Waals surface area contributed by atoms with E-state index in [9.17, 15) is 0 Å². The lowest BCUT2D eigenvalue weighted by atomic mass is 10.2. The Balaban J connectivity index is 1.47. The zero-order valence-electron chi connectivity index (χ0n) is 15.3. The molecule has 0 saturated carbocycles. The lowest BCUT2D eigenvalue weighted by Crippen LogP contribution is -2.46. The van der Waals surface area contributed by atoms with Gasteiger partial charge in [0.1, 0.15) is 0 Å². The third kappa shape index (κ3) is 3.32. The smallest absolute Gasteiger partial charge is 0.153 e. The molecule has 0 unspecified atom stereocenters. The van der Waals surface area contributed by atoms with E-state index in [1.807, 2.05) is 41.5 Å². The van der Waals surface area contributed by atoms with Gasteiger partial charge < -0.3 is 4.90 Å². The van der Waals surface area contributed by atoms with E-state index in [0.29, 0.717) is 0 Å². The highest BCUT2D eigenvalue weighted by atomic mass is 15.4. The van der Waals surface area contributed by atoms with Crippen molar-refractivity contribution in [1.82, 2.24) is 24.6 Å². The fraction of sp³-hybridized carbons (Fsp3) is 0.350. The van der Waals surface area contributed by atoms with Crippen LogP contribution in [0.25, 0.3) is 5.82 Å². The van der Waals surface area contributed by atoms with E-state index in [-0.39, 0.29) is 0 Å². The van der Waals surface area contributed by atoms with Crippen LogP contribution < -0.4 is 4.90 Å². The van der Waals surface area contributed by atoms with Crippen molar-refractivity contribution in [1.29, 1.82) is 0 Å². The fourth-order valence-corrected chi connectivity index (χ4v) is 3.67.